The van der Waals surface area contributed by atoms with Crippen molar-refractivity contribution in [2.45, 2.75) is 53.0 Å². The van der Waals surface area contributed by atoms with Crippen LogP contribution in [-0.2, 0) is 9.59 Å². The molecule has 0 radical (unpaired) electrons. The van der Waals surface area contributed by atoms with E-state index in [1.165, 1.54) is 12.0 Å². The highest BCUT2D eigenvalue weighted by Gasteiger charge is 2.37. The zero-order chi connectivity index (χ0) is 24.1. The minimum atomic E-state index is -0.909. The van der Waals surface area contributed by atoms with E-state index in [1.807, 2.05) is 20.8 Å². The molecule has 0 spiro atoms. The van der Waals surface area contributed by atoms with Crippen LogP contribution < -0.4 is 20.9 Å². The fourth-order valence-corrected chi connectivity index (χ4v) is 3.63. The molecule has 1 saturated carbocycles. The summed E-state index contributed by atoms with van der Waals surface area (Å²) >= 11 is 6.12. The van der Waals surface area contributed by atoms with Crippen LogP contribution >= 0.6 is 11.6 Å². The third-order valence-electron chi connectivity index (χ3n) is 5.59. The Balaban J connectivity index is 2.21. The fourth-order valence-electron chi connectivity index (χ4n) is 3.48. The van der Waals surface area contributed by atoms with Crippen molar-refractivity contribution in [1.29, 1.82) is 0 Å². The summed E-state index contributed by atoms with van der Waals surface area (Å²) in [7, 11) is 1.47. The van der Waals surface area contributed by atoms with E-state index in [4.69, 9.17) is 21.5 Å². The minimum Gasteiger partial charge on any atom is -0.495 e. The number of amides is 4. The van der Waals surface area contributed by atoms with Crippen LogP contribution in [0.2, 0.25) is 5.02 Å². The van der Waals surface area contributed by atoms with E-state index in [1.54, 1.807) is 24.5 Å². The maximum absolute atomic E-state index is 13.4. The van der Waals surface area contributed by atoms with E-state index in [0.717, 1.165) is 24.8 Å². The number of carbonyl (C=O) groups excluding carboxylic acids is 3. The summed E-state index contributed by atoms with van der Waals surface area (Å²) in [4.78, 5) is 39.4. The Bertz CT molecular complexity index is 851. The monoisotopic (exact) mass is 468 g/mol. The third kappa shape index (κ3) is 6.74. The van der Waals surface area contributed by atoms with E-state index < -0.39 is 23.4 Å². The Morgan fingerprint density at radius 3 is 2.44 bits per heavy atom. The fraction of sp³-hybridized carbons (Fsp3) is 0.591. The third-order valence-corrected chi connectivity index (χ3v) is 6.00. The molecule has 1 aromatic carbocycles. The van der Waals surface area contributed by atoms with Gasteiger partial charge in [-0.3, -0.25) is 14.8 Å². The topological polar surface area (TPSA) is 120 Å². The average Bonchev–Trinajstić information content (AvgIpc) is 2.68. The second-order valence-corrected chi connectivity index (χ2v) is 9.66. The number of nitrogens with one attached hydrogen (secondary N) is 3. The molecule has 1 fully saturated rings. The van der Waals surface area contributed by atoms with Gasteiger partial charge in [0.25, 0.3) is 5.91 Å². The van der Waals surface area contributed by atoms with Crippen LogP contribution in [0.25, 0.3) is 0 Å². The predicted molar refractivity (Wildman–Crippen MR) is 122 cm³/mol. The van der Waals surface area contributed by atoms with Gasteiger partial charge < -0.3 is 20.3 Å². The number of urea groups is 1. The van der Waals surface area contributed by atoms with Crippen LogP contribution in [-0.4, -0.2) is 54.2 Å². The molecule has 32 heavy (non-hydrogen) atoms. The number of rotatable bonds is 8. The quantitative estimate of drug-likeness (QED) is 0.344. The van der Waals surface area contributed by atoms with Gasteiger partial charge >= 0.3 is 6.03 Å². The van der Waals surface area contributed by atoms with Crippen LogP contribution in [0.3, 0.4) is 0 Å². The van der Waals surface area contributed by atoms with Crippen molar-refractivity contribution >= 4 is 35.1 Å². The SMILES string of the molecule is COc1cc(Cl)c(C)cc1NC(=O)N[C@H](C(=O)N(CC(=O)NO)CC1CCC1)C(C)(C)C. The van der Waals surface area contributed by atoms with Crippen LogP contribution in [0.4, 0.5) is 10.5 Å². The van der Waals surface area contributed by atoms with Gasteiger partial charge in [-0.15, -0.1) is 0 Å². The highest BCUT2D eigenvalue weighted by Crippen LogP contribution is 2.31. The Kier molecular flexibility index (Phi) is 8.74. The summed E-state index contributed by atoms with van der Waals surface area (Å²) in [6.07, 6.45) is 3.05. The van der Waals surface area contributed by atoms with Crippen LogP contribution in [0, 0.1) is 18.3 Å². The first-order chi connectivity index (χ1) is 15.0. The maximum atomic E-state index is 13.4. The lowest BCUT2D eigenvalue weighted by atomic mass is 9.83. The summed E-state index contributed by atoms with van der Waals surface area (Å²) in [5.74, 6) is -0.375. The molecule has 10 heteroatoms. The van der Waals surface area contributed by atoms with E-state index in [9.17, 15) is 14.4 Å². The van der Waals surface area contributed by atoms with Gasteiger partial charge in [0.1, 0.15) is 18.3 Å². The summed E-state index contributed by atoms with van der Waals surface area (Å²) in [5.41, 5.74) is 2.11. The standard InChI is InChI=1S/C22H33ClN4O5/c1-13-9-16(17(32-5)10-15(13)23)24-21(30)25-19(22(2,3)4)20(29)27(12-18(28)26-31)11-14-7-6-8-14/h9-10,14,19,31H,6-8,11-12H2,1-5H3,(H,26,28)(H2,24,25,30)/t19-/m1/s1. The number of benzene rings is 1. The molecule has 4 amide bonds. The van der Waals surface area contributed by atoms with Gasteiger partial charge in [-0.2, -0.15) is 0 Å². The number of nitrogens with zero attached hydrogens (tertiary/aromatic N) is 1. The smallest absolute Gasteiger partial charge is 0.320 e. The Hall–Kier alpha value is -2.52. The maximum Gasteiger partial charge on any atom is 0.320 e. The predicted octanol–water partition coefficient (Wildman–Crippen LogP) is 3.33. The lowest BCUT2D eigenvalue weighted by Gasteiger charge is -2.37. The van der Waals surface area contributed by atoms with E-state index in [2.05, 4.69) is 10.6 Å². The van der Waals surface area contributed by atoms with Crippen molar-refractivity contribution in [2.75, 3.05) is 25.5 Å². The first kappa shape index (κ1) is 25.7. The Morgan fingerprint density at radius 2 is 1.94 bits per heavy atom. The van der Waals surface area contributed by atoms with Crippen LogP contribution in [0.5, 0.6) is 5.75 Å². The van der Waals surface area contributed by atoms with Crippen molar-refractivity contribution in [1.82, 2.24) is 15.7 Å². The molecule has 2 rings (SSSR count). The summed E-state index contributed by atoms with van der Waals surface area (Å²) in [6.45, 7) is 7.40. The molecule has 1 aliphatic carbocycles. The summed E-state index contributed by atoms with van der Waals surface area (Å²) < 4.78 is 5.29. The number of anilines is 1. The van der Waals surface area contributed by atoms with Gasteiger partial charge in [-0.05, 0) is 42.7 Å². The number of halogens is 1. The Morgan fingerprint density at radius 1 is 1.28 bits per heavy atom. The first-order valence-corrected chi connectivity index (χ1v) is 11.0. The van der Waals surface area contributed by atoms with Crippen LogP contribution in [0.15, 0.2) is 12.1 Å². The van der Waals surface area contributed by atoms with E-state index in [0.29, 0.717) is 28.9 Å². The molecule has 1 atom stereocenters. The molecule has 1 aromatic rings. The lowest BCUT2D eigenvalue weighted by molar-refractivity contribution is -0.143. The van der Waals surface area contributed by atoms with Gasteiger partial charge in [0.05, 0.1) is 12.8 Å². The number of hydroxylamine groups is 1. The first-order valence-electron chi connectivity index (χ1n) is 10.6. The number of aryl methyl sites for hydroxylation is 1. The molecule has 1 aliphatic rings. The zero-order valence-electron chi connectivity index (χ0n) is 19.3. The van der Waals surface area contributed by atoms with Gasteiger partial charge in [0.15, 0.2) is 0 Å². The van der Waals surface area contributed by atoms with Gasteiger partial charge in [-0.25, -0.2) is 10.3 Å². The molecule has 0 aromatic heterocycles. The number of hydrogen-bond acceptors (Lipinski definition) is 5. The van der Waals surface area contributed by atoms with E-state index >= 15 is 0 Å². The molecule has 0 saturated heterocycles. The average molecular weight is 469 g/mol. The molecule has 4 N–H and O–H groups in total. The largest absolute Gasteiger partial charge is 0.495 e. The second kappa shape index (κ2) is 10.9. The van der Waals surface area contributed by atoms with E-state index in [-0.39, 0.29) is 12.5 Å². The number of carbonyl (C=O) groups is 3. The summed E-state index contributed by atoms with van der Waals surface area (Å²) in [6, 6.07) is 1.79. The van der Waals surface area contributed by atoms with Crippen molar-refractivity contribution in [3.8, 4) is 5.75 Å². The molecule has 178 valence electrons. The molecule has 0 unspecified atom stereocenters. The Labute approximate surface area is 193 Å². The molecule has 0 aliphatic heterocycles. The molecule has 9 nitrogen and oxygen atoms in total. The number of methoxy groups -OCH3 is 1. The van der Waals surface area contributed by atoms with Gasteiger partial charge in [0.2, 0.25) is 5.91 Å². The van der Waals surface area contributed by atoms with Gasteiger partial charge in [-0.1, -0.05) is 38.8 Å². The van der Waals surface area contributed by atoms with Crippen LogP contribution in [0.1, 0.15) is 45.6 Å². The molecule has 0 heterocycles. The highest BCUT2D eigenvalue weighted by molar-refractivity contribution is 6.31. The molecular weight excluding hydrogens is 436 g/mol. The highest BCUT2D eigenvalue weighted by atomic mass is 35.5. The normalized spacial score (nSPS) is 14.7. The molecular formula is C22H33ClN4O5. The van der Waals surface area contributed by atoms with Gasteiger partial charge in [0, 0.05) is 17.6 Å². The second-order valence-electron chi connectivity index (χ2n) is 9.25. The summed E-state index contributed by atoms with van der Waals surface area (Å²) in [5, 5.41) is 14.9. The van der Waals surface area contributed by atoms with Crippen molar-refractivity contribution in [3.05, 3.63) is 22.7 Å². The lowest BCUT2D eigenvalue weighted by Crippen LogP contribution is -2.57. The van der Waals surface area contributed by atoms with Crippen molar-refractivity contribution in [3.63, 3.8) is 0 Å². The number of hydrogen-bond donors (Lipinski definition) is 4. The minimum absolute atomic E-state index is 0.286. The van der Waals surface area contributed by atoms with Crippen molar-refractivity contribution in [2.24, 2.45) is 11.3 Å². The van der Waals surface area contributed by atoms with Crippen molar-refractivity contribution < 1.29 is 24.3 Å². The zero-order valence-corrected chi connectivity index (χ0v) is 20.0. The number of ether oxygens (including phenoxy) is 1. The molecule has 0 bridgehead atoms.